The van der Waals surface area contributed by atoms with E-state index in [0.29, 0.717) is 13.0 Å². The third kappa shape index (κ3) is 4.03. The lowest BCUT2D eigenvalue weighted by Crippen LogP contribution is -2.49. The van der Waals surface area contributed by atoms with Crippen molar-refractivity contribution in [2.45, 2.75) is 32.7 Å². The van der Waals surface area contributed by atoms with Crippen molar-refractivity contribution in [2.24, 2.45) is 5.73 Å². The van der Waals surface area contributed by atoms with E-state index in [0.717, 1.165) is 5.56 Å². The minimum absolute atomic E-state index is 0.0149. The second-order valence-electron chi connectivity index (χ2n) is 4.80. The molecule has 0 aliphatic heterocycles. The van der Waals surface area contributed by atoms with Crippen LogP contribution >= 0.6 is 0 Å². The summed E-state index contributed by atoms with van der Waals surface area (Å²) in [4.78, 5) is 11.7. The molecule has 88 valence electrons. The Kier molecular flexibility index (Phi) is 4.07. The van der Waals surface area contributed by atoms with Crippen LogP contribution < -0.4 is 11.1 Å². The normalized spacial score (nSPS) is 11.2. The lowest BCUT2D eigenvalue weighted by atomic mass is 10.0. The fraction of sp³-hybridized carbons (Fsp3) is 0.462. The van der Waals surface area contributed by atoms with Crippen LogP contribution in [-0.2, 0) is 11.2 Å². The second kappa shape index (κ2) is 5.12. The number of aryl methyl sites for hydroxylation is 1. The van der Waals surface area contributed by atoms with Gasteiger partial charge in [-0.2, -0.15) is 0 Å². The van der Waals surface area contributed by atoms with Gasteiger partial charge in [-0.05, 0) is 26.3 Å². The number of hydrogen-bond donors (Lipinski definition) is 2. The summed E-state index contributed by atoms with van der Waals surface area (Å²) in [5.41, 5.74) is 7.43. The summed E-state index contributed by atoms with van der Waals surface area (Å²) >= 11 is 0. The first-order valence-corrected chi connectivity index (χ1v) is 5.49. The van der Waals surface area contributed by atoms with Crippen LogP contribution in [0, 0.1) is 6.92 Å². The van der Waals surface area contributed by atoms with Crippen molar-refractivity contribution in [1.29, 1.82) is 0 Å². The Bertz CT molecular complexity index is 372. The Morgan fingerprint density at radius 1 is 1.44 bits per heavy atom. The highest BCUT2D eigenvalue weighted by molar-refractivity contribution is 5.79. The maximum absolute atomic E-state index is 11.7. The quantitative estimate of drug-likeness (QED) is 0.805. The number of amides is 1. The summed E-state index contributed by atoms with van der Waals surface area (Å²) in [5, 5.41) is 2.91. The van der Waals surface area contributed by atoms with E-state index in [1.807, 2.05) is 45.0 Å². The molecule has 0 fully saturated rings. The number of nitrogens with two attached hydrogens (primary N) is 1. The monoisotopic (exact) mass is 220 g/mol. The van der Waals surface area contributed by atoms with Crippen molar-refractivity contribution in [1.82, 2.24) is 5.32 Å². The van der Waals surface area contributed by atoms with Crippen LogP contribution in [-0.4, -0.2) is 18.0 Å². The van der Waals surface area contributed by atoms with Gasteiger partial charge in [-0.25, -0.2) is 0 Å². The zero-order valence-corrected chi connectivity index (χ0v) is 10.2. The predicted molar refractivity (Wildman–Crippen MR) is 66.2 cm³/mol. The Balaban J connectivity index is 2.59. The molecule has 3 heteroatoms. The van der Waals surface area contributed by atoms with Gasteiger partial charge in [-0.3, -0.25) is 4.79 Å². The molecule has 0 aromatic heterocycles. The first kappa shape index (κ1) is 12.7. The molecule has 0 aliphatic carbocycles. The van der Waals surface area contributed by atoms with Gasteiger partial charge in [-0.1, -0.05) is 29.8 Å². The SMILES string of the molecule is Cc1cccc(CC(=O)NC(C)(C)CN)c1. The Morgan fingerprint density at radius 3 is 2.69 bits per heavy atom. The van der Waals surface area contributed by atoms with Gasteiger partial charge in [-0.15, -0.1) is 0 Å². The van der Waals surface area contributed by atoms with E-state index in [9.17, 15) is 4.79 Å². The molecule has 0 saturated heterocycles. The van der Waals surface area contributed by atoms with Crippen LogP contribution in [0.1, 0.15) is 25.0 Å². The molecular weight excluding hydrogens is 200 g/mol. The second-order valence-corrected chi connectivity index (χ2v) is 4.80. The van der Waals surface area contributed by atoms with Crippen LogP contribution in [0.4, 0.5) is 0 Å². The summed E-state index contributed by atoms with van der Waals surface area (Å²) in [6.45, 7) is 6.29. The fourth-order valence-corrected chi connectivity index (χ4v) is 1.48. The Hall–Kier alpha value is -1.35. The van der Waals surface area contributed by atoms with E-state index >= 15 is 0 Å². The van der Waals surface area contributed by atoms with Crippen LogP contribution in [0.3, 0.4) is 0 Å². The summed E-state index contributed by atoms with van der Waals surface area (Å²) in [7, 11) is 0. The number of benzene rings is 1. The fourth-order valence-electron chi connectivity index (χ4n) is 1.48. The third-order valence-corrected chi connectivity index (χ3v) is 2.44. The Labute approximate surface area is 97.0 Å². The topological polar surface area (TPSA) is 55.1 Å². The standard InChI is InChI=1S/C13H20N2O/c1-10-5-4-6-11(7-10)8-12(16)15-13(2,3)9-14/h4-7H,8-9,14H2,1-3H3,(H,15,16). The summed E-state index contributed by atoms with van der Waals surface area (Å²) < 4.78 is 0. The lowest BCUT2D eigenvalue weighted by Gasteiger charge is -2.24. The van der Waals surface area contributed by atoms with E-state index in [2.05, 4.69) is 5.32 Å². The van der Waals surface area contributed by atoms with Crippen LogP contribution in [0.2, 0.25) is 0 Å². The molecule has 1 amide bonds. The summed E-state index contributed by atoms with van der Waals surface area (Å²) in [5.74, 6) is 0.0149. The van der Waals surface area contributed by atoms with E-state index in [-0.39, 0.29) is 11.4 Å². The first-order valence-electron chi connectivity index (χ1n) is 5.49. The van der Waals surface area contributed by atoms with Gasteiger partial charge >= 0.3 is 0 Å². The molecule has 1 aromatic rings. The third-order valence-electron chi connectivity index (χ3n) is 2.44. The predicted octanol–water partition coefficient (Wildman–Crippen LogP) is 1.39. The van der Waals surface area contributed by atoms with Crippen molar-refractivity contribution in [3.05, 3.63) is 35.4 Å². The van der Waals surface area contributed by atoms with Gasteiger partial charge in [0, 0.05) is 12.1 Å². The molecule has 3 N–H and O–H groups in total. The highest BCUT2D eigenvalue weighted by Gasteiger charge is 2.17. The number of carbonyl (C=O) groups excluding carboxylic acids is 1. The molecule has 0 spiro atoms. The number of hydrogen-bond acceptors (Lipinski definition) is 2. The minimum Gasteiger partial charge on any atom is -0.350 e. The van der Waals surface area contributed by atoms with Crippen molar-refractivity contribution in [3.8, 4) is 0 Å². The van der Waals surface area contributed by atoms with Gasteiger partial charge in [0.05, 0.1) is 6.42 Å². The van der Waals surface area contributed by atoms with E-state index in [1.165, 1.54) is 5.56 Å². The lowest BCUT2D eigenvalue weighted by molar-refractivity contribution is -0.121. The maximum Gasteiger partial charge on any atom is 0.224 e. The van der Waals surface area contributed by atoms with Crippen LogP contribution in [0.5, 0.6) is 0 Å². The number of nitrogens with one attached hydrogen (secondary N) is 1. The largest absolute Gasteiger partial charge is 0.350 e. The molecule has 1 aromatic carbocycles. The zero-order valence-electron chi connectivity index (χ0n) is 10.2. The molecule has 0 radical (unpaired) electrons. The zero-order chi connectivity index (χ0) is 12.2. The molecule has 1 rings (SSSR count). The molecule has 0 saturated carbocycles. The molecular formula is C13H20N2O. The highest BCUT2D eigenvalue weighted by Crippen LogP contribution is 2.06. The molecule has 0 aliphatic rings. The van der Waals surface area contributed by atoms with Gasteiger partial charge < -0.3 is 11.1 Å². The van der Waals surface area contributed by atoms with Gasteiger partial charge in [0.2, 0.25) is 5.91 Å². The van der Waals surface area contributed by atoms with E-state index in [4.69, 9.17) is 5.73 Å². The van der Waals surface area contributed by atoms with Crippen molar-refractivity contribution in [2.75, 3.05) is 6.54 Å². The minimum atomic E-state index is -0.332. The van der Waals surface area contributed by atoms with E-state index in [1.54, 1.807) is 0 Å². The summed E-state index contributed by atoms with van der Waals surface area (Å²) in [6.07, 6.45) is 0.408. The first-order chi connectivity index (χ1) is 7.43. The van der Waals surface area contributed by atoms with Crippen LogP contribution in [0.15, 0.2) is 24.3 Å². The van der Waals surface area contributed by atoms with Crippen molar-refractivity contribution < 1.29 is 4.79 Å². The van der Waals surface area contributed by atoms with Gasteiger partial charge in [0.15, 0.2) is 0 Å². The molecule has 0 unspecified atom stereocenters. The molecule has 0 bridgehead atoms. The van der Waals surface area contributed by atoms with Gasteiger partial charge in [0.25, 0.3) is 0 Å². The molecule has 16 heavy (non-hydrogen) atoms. The number of rotatable bonds is 4. The van der Waals surface area contributed by atoms with Crippen LogP contribution in [0.25, 0.3) is 0 Å². The smallest absolute Gasteiger partial charge is 0.224 e. The van der Waals surface area contributed by atoms with Gasteiger partial charge in [0.1, 0.15) is 0 Å². The highest BCUT2D eigenvalue weighted by atomic mass is 16.1. The van der Waals surface area contributed by atoms with Crippen molar-refractivity contribution >= 4 is 5.91 Å². The Morgan fingerprint density at radius 2 is 2.12 bits per heavy atom. The van der Waals surface area contributed by atoms with Crippen molar-refractivity contribution in [3.63, 3.8) is 0 Å². The average molecular weight is 220 g/mol. The average Bonchev–Trinajstić information content (AvgIpc) is 2.16. The maximum atomic E-state index is 11.7. The summed E-state index contributed by atoms with van der Waals surface area (Å²) in [6, 6.07) is 7.97. The number of carbonyl (C=O) groups is 1. The molecule has 0 heterocycles. The van der Waals surface area contributed by atoms with E-state index < -0.39 is 0 Å². The molecule has 3 nitrogen and oxygen atoms in total. The molecule has 0 atom stereocenters.